The molecule has 23 heavy (non-hydrogen) atoms. The van der Waals surface area contributed by atoms with Crippen LogP contribution in [0.15, 0.2) is 0 Å². The number of ether oxygens (including phenoxy) is 1. The van der Waals surface area contributed by atoms with Crippen molar-refractivity contribution in [1.82, 2.24) is 15.7 Å². The van der Waals surface area contributed by atoms with E-state index in [2.05, 4.69) is 42.5 Å². The number of methoxy groups -OCH3 is 1. The smallest absolute Gasteiger partial charge is 0.331 e. The van der Waals surface area contributed by atoms with Crippen molar-refractivity contribution in [3.05, 3.63) is 0 Å². The fourth-order valence-electron chi connectivity index (χ4n) is 1.78. The van der Waals surface area contributed by atoms with Gasteiger partial charge < -0.3 is 19.9 Å². The van der Waals surface area contributed by atoms with E-state index in [9.17, 15) is 9.59 Å². The summed E-state index contributed by atoms with van der Waals surface area (Å²) in [6.07, 6.45) is 2.31. The molecule has 0 fully saturated rings. The van der Waals surface area contributed by atoms with Crippen LogP contribution in [-0.4, -0.2) is 51.3 Å². The Labute approximate surface area is 148 Å². The Balaban J connectivity index is 4.57. The van der Waals surface area contributed by atoms with E-state index in [1.807, 2.05) is 0 Å². The monoisotopic (exact) mass is 421 g/mol. The van der Waals surface area contributed by atoms with E-state index in [1.165, 1.54) is 7.11 Å². The van der Waals surface area contributed by atoms with Crippen LogP contribution in [0.2, 0.25) is 0 Å². The van der Waals surface area contributed by atoms with E-state index < -0.39 is 25.6 Å². The normalized spacial score (nSPS) is 14.2. The first-order valence-electron chi connectivity index (χ1n) is 7.12. The zero-order chi connectivity index (χ0) is 17.7. The van der Waals surface area contributed by atoms with Crippen molar-refractivity contribution in [1.29, 1.82) is 0 Å². The lowest BCUT2D eigenvalue weighted by Crippen LogP contribution is -2.51. The lowest BCUT2D eigenvalue weighted by molar-refractivity contribution is -0.139. The summed E-state index contributed by atoms with van der Waals surface area (Å²) in [7, 11) is 10.4. The van der Waals surface area contributed by atoms with Crippen LogP contribution in [0.3, 0.4) is 0 Å². The highest BCUT2D eigenvalue weighted by molar-refractivity contribution is 8.41. The number of hydrogen-bond donors (Lipinski definition) is 3. The van der Waals surface area contributed by atoms with Crippen LogP contribution in [0.5, 0.6) is 0 Å². The lowest BCUT2D eigenvalue weighted by Gasteiger charge is -2.22. The van der Waals surface area contributed by atoms with Gasteiger partial charge in [-0.3, -0.25) is 9.88 Å². The van der Waals surface area contributed by atoms with Gasteiger partial charge >= 0.3 is 5.97 Å². The van der Waals surface area contributed by atoms with Gasteiger partial charge in [0.15, 0.2) is 0 Å². The predicted molar refractivity (Wildman–Crippen MR) is 109 cm³/mol. The molecule has 0 aromatic heterocycles. The van der Waals surface area contributed by atoms with Gasteiger partial charge in [-0.2, -0.15) is 0 Å². The lowest BCUT2D eigenvalue weighted by atomic mass is 10.1. The first kappa shape index (κ1) is 24.0. The van der Waals surface area contributed by atoms with Crippen LogP contribution < -0.4 is 15.7 Å². The molecule has 0 aromatic rings. The second-order valence-electron chi connectivity index (χ2n) is 4.69. The topological polar surface area (TPSA) is 88.7 Å². The molecule has 3 N–H and O–H groups in total. The molecule has 136 valence electrons. The van der Waals surface area contributed by atoms with Gasteiger partial charge in [-0.05, 0) is 41.3 Å². The standard InChI is InChI=1S/C11H28N3O4P5/c1-12-9(7-17-2)10(15)14-8(11(16)18-23(20)21)5-3-4-6-13-22-19/h8-9,12-13,22H,3-7,19-21H2,1-2H3,(H,14,15). The van der Waals surface area contributed by atoms with Crippen LogP contribution in [0.25, 0.3) is 0 Å². The molecule has 0 rings (SSSR count). The molecule has 0 heterocycles. The van der Waals surface area contributed by atoms with Crippen molar-refractivity contribution in [3.8, 4) is 0 Å². The number of hydrogen-bond acceptors (Lipinski definition) is 6. The van der Waals surface area contributed by atoms with E-state index in [0.29, 0.717) is 14.8 Å². The molecule has 0 aliphatic carbocycles. The van der Waals surface area contributed by atoms with Crippen LogP contribution in [0.1, 0.15) is 19.3 Å². The summed E-state index contributed by atoms with van der Waals surface area (Å²) < 4.78 is 10.2. The highest BCUT2D eigenvalue weighted by Gasteiger charge is 2.26. The van der Waals surface area contributed by atoms with Gasteiger partial charge in [-0.1, -0.05) is 26.8 Å². The summed E-state index contributed by atoms with van der Waals surface area (Å²) in [4.78, 5) is 24.4. The van der Waals surface area contributed by atoms with Gasteiger partial charge in [0.05, 0.1) is 6.61 Å². The zero-order valence-electron chi connectivity index (χ0n) is 13.5. The summed E-state index contributed by atoms with van der Waals surface area (Å²) in [5, 5.41) is 8.85. The average Bonchev–Trinajstić information content (AvgIpc) is 2.50. The van der Waals surface area contributed by atoms with Crippen LogP contribution in [0.4, 0.5) is 0 Å². The van der Waals surface area contributed by atoms with Gasteiger partial charge in [0.1, 0.15) is 19.6 Å². The van der Waals surface area contributed by atoms with E-state index in [-0.39, 0.29) is 12.5 Å². The average molecular weight is 421 g/mol. The molecule has 0 saturated carbocycles. The minimum absolute atomic E-state index is 0.239. The minimum atomic E-state index is -0.969. The molecule has 0 bridgehead atoms. The predicted octanol–water partition coefficient (Wildman–Crippen LogP) is 1.37. The summed E-state index contributed by atoms with van der Waals surface area (Å²) in [6, 6.07) is -1.14. The molecule has 12 heteroatoms. The Morgan fingerprint density at radius 2 is 1.96 bits per heavy atom. The molecule has 0 spiro atoms. The Bertz CT molecular complexity index is 352. The largest absolute Gasteiger partial charge is 0.435 e. The highest BCUT2D eigenvalue weighted by Crippen LogP contribution is 2.53. The molecular weight excluding hydrogens is 393 g/mol. The quantitative estimate of drug-likeness (QED) is 0.308. The molecule has 0 radical (unpaired) electrons. The second-order valence-corrected chi connectivity index (χ2v) is 11.9. The van der Waals surface area contributed by atoms with Gasteiger partial charge in [-0.15, -0.1) is 0 Å². The first-order valence-corrected chi connectivity index (χ1v) is 14.4. The molecule has 0 saturated heterocycles. The zero-order valence-corrected chi connectivity index (χ0v) is 18.9. The summed E-state index contributed by atoms with van der Waals surface area (Å²) in [6.45, 7) is 1.13. The number of carbonyl (C=O) groups excluding carboxylic acids is 2. The maximum absolute atomic E-state index is 12.2. The number of carbonyl (C=O) groups is 2. The SMILES string of the molecule is CNC(COC)C(=O)NC(CCCCNPP)C(=O)OP(P)P. The van der Waals surface area contributed by atoms with Crippen molar-refractivity contribution in [2.45, 2.75) is 31.3 Å². The molecule has 6 atom stereocenters. The van der Waals surface area contributed by atoms with Gasteiger partial charge in [0.2, 0.25) is 5.91 Å². The van der Waals surface area contributed by atoms with Crippen LogP contribution in [-0.2, 0) is 18.8 Å². The summed E-state index contributed by atoms with van der Waals surface area (Å²) in [5.74, 6) is -0.666. The van der Waals surface area contributed by atoms with Crippen LogP contribution in [0, 0.1) is 0 Å². The molecule has 0 aliphatic rings. The van der Waals surface area contributed by atoms with Gasteiger partial charge in [0, 0.05) is 7.11 Å². The second kappa shape index (κ2) is 15.2. The molecule has 0 aromatic carbocycles. The maximum Gasteiger partial charge on any atom is 0.331 e. The molecule has 6 unspecified atom stereocenters. The molecule has 7 nitrogen and oxygen atoms in total. The van der Waals surface area contributed by atoms with E-state index in [4.69, 9.17) is 9.26 Å². The van der Waals surface area contributed by atoms with E-state index >= 15 is 0 Å². The summed E-state index contributed by atoms with van der Waals surface area (Å²) in [5.41, 5.74) is 0. The Morgan fingerprint density at radius 3 is 2.48 bits per heavy atom. The molecule has 1 amide bonds. The van der Waals surface area contributed by atoms with Crippen molar-refractivity contribution < 1.29 is 18.8 Å². The third-order valence-electron chi connectivity index (χ3n) is 2.94. The van der Waals surface area contributed by atoms with E-state index in [0.717, 1.165) is 19.4 Å². The molecular formula is C11H28N3O4P5. The van der Waals surface area contributed by atoms with Crippen molar-refractivity contribution in [2.75, 3.05) is 27.3 Å². The molecule has 0 aliphatic heterocycles. The van der Waals surface area contributed by atoms with Crippen molar-refractivity contribution in [2.24, 2.45) is 0 Å². The number of amides is 1. The third-order valence-corrected chi connectivity index (χ3v) is 5.03. The Kier molecular flexibility index (Phi) is 15.9. The number of nitrogens with one attached hydrogen (secondary N) is 3. The van der Waals surface area contributed by atoms with E-state index in [1.54, 1.807) is 7.05 Å². The minimum Gasteiger partial charge on any atom is -0.435 e. The van der Waals surface area contributed by atoms with Gasteiger partial charge in [0.25, 0.3) is 0 Å². The summed E-state index contributed by atoms with van der Waals surface area (Å²) >= 11 is 0. The fourth-order valence-corrected chi connectivity index (χ4v) is 3.49. The van der Waals surface area contributed by atoms with Crippen LogP contribution >= 0.6 is 42.7 Å². The van der Waals surface area contributed by atoms with Crippen molar-refractivity contribution in [3.63, 3.8) is 0 Å². The number of unbranched alkanes of at least 4 members (excludes halogenated alkanes) is 1. The number of rotatable bonds is 13. The van der Waals surface area contributed by atoms with Gasteiger partial charge in [-0.25, -0.2) is 4.79 Å². The third kappa shape index (κ3) is 12.0. The Morgan fingerprint density at radius 1 is 1.26 bits per heavy atom. The Hall–Kier alpha value is 0.970. The maximum atomic E-state index is 12.2. The fraction of sp³-hybridized carbons (Fsp3) is 0.818. The van der Waals surface area contributed by atoms with Crippen molar-refractivity contribution >= 4 is 54.6 Å². The first-order chi connectivity index (χ1) is 11.0. The highest BCUT2D eigenvalue weighted by atomic mass is 32.4. The number of likely N-dealkylation sites (N-methyl/N-ethyl adjacent to an activating group) is 1.